The Hall–Kier alpha value is -2.63. The lowest BCUT2D eigenvalue weighted by Gasteiger charge is -2.22. The van der Waals surface area contributed by atoms with Crippen LogP contribution in [0.4, 0.5) is 0 Å². The van der Waals surface area contributed by atoms with Gasteiger partial charge in [-0.1, -0.05) is 30.3 Å². The van der Waals surface area contributed by atoms with E-state index in [-0.39, 0.29) is 0 Å². The maximum Gasteiger partial charge on any atom is 0.193 e. The Morgan fingerprint density at radius 3 is 2.96 bits per heavy atom. The predicted molar refractivity (Wildman–Crippen MR) is 97.8 cm³/mol. The predicted octanol–water partition coefficient (Wildman–Crippen LogP) is 2.30. The molecule has 0 radical (unpaired) electrons. The molecule has 0 bridgehead atoms. The van der Waals surface area contributed by atoms with E-state index in [2.05, 4.69) is 63.2 Å². The lowest BCUT2D eigenvalue weighted by Crippen LogP contribution is -2.38. The monoisotopic (exact) mass is 326 g/mol. The minimum atomic E-state index is 0.726. The highest BCUT2D eigenvalue weighted by molar-refractivity contribution is 5.79. The summed E-state index contributed by atoms with van der Waals surface area (Å²) >= 11 is 0. The molecule has 1 heterocycles. The van der Waals surface area contributed by atoms with Gasteiger partial charge in [-0.15, -0.1) is 6.58 Å². The maximum absolute atomic E-state index is 4.35. The largest absolute Gasteiger partial charge is 0.352 e. The minimum Gasteiger partial charge on any atom is -0.352 e. The molecule has 0 amide bonds. The molecule has 6 nitrogen and oxygen atoms in total. The molecule has 0 saturated carbocycles. The van der Waals surface area contributed by atoms with Crippen LogP contribution in [0, 0.1) is 0 Å². The number of rotatable bonds is 8. The molecule has 24 heavy (non-hydrogen) atoms. The molecule has 0 atom stereocenters. The number of nitrogens with zero attached hydrogens (tertiary/aromatic N) is 5. The van der Waals surface area contributed by atoms with Gasteiger partial charge in [0.25, 0.3) is 0 Å². The van der Waals surface area contributed by atoms with Crippen LogP contribution in [0.3, 0.4) is 0 Å². The molecule has 0 aliphatic rings. The van der Waals surface area contributed by atoms with Gasteiger partial charge in [0.15, 0.2) is 5.96 Å². The fourth-order valence-corrected chi connectivity index (χ4v) is 2.48. The van der Waals surface area contributed by atoms with E-state index in [0.717, 1.165) is 38.4 Å². The summed E-state index contributed by atoms with van der Waals surface area (Å²) in [6.07, 6.45) is 7.33. The third-order valence-corrected chi connectivity index (χ3v) is 3.73. The van der Waals surface area contributed by atoms with Crippen molar-refractivity contribution in [3.8, 4) is 0 Å². The van der Waals surface area contributed by atoms with Gasteiger partial charge in [0, 0.05) is 27.2 Å². The fourth-order valence-electron chi connectivity index (χ4n) is 2.48. The van der Waals surface area contributed by atoms with Gasteiger partial charge in [0.05, 0.1) is 6.54 Å². The molecule has 0 unspecified atom stereocenters. The number of benzene rings is 1. The van der Waals surface area contributed by atoms with E-state index in [1.807, 2.05) is 17.8 Å². The molecule has 128 valence electrons. The second-order valence-corrected chi connectivity index (χ2v) is 5.67. The molecule has 6 heteroatoms. The van der Waals surface area contributed by atoms with Gasteiger partial charge in [-0.25, -0.2) is 9.67 Å². The molecule has 2 aromatic rings. The van der Waals surface area contributed by atoms with Gasteiger partial charge in [0.1, 0.15) is 12.7 Å². The second kappa shape index (κ2) is 9.50. The molecular formula is C18H26N6. The highest BCUT2D eigenvalue weighted by atomic mass is 15.3. The number of aliphatic imine (C=N–C) groups is 1. The summed E-state index contributed by atoms with van der Waals surface area (Å²) in [6, 6.07) is 8.46. The van der Waals surface area contributed by atoms with Crippen LogP contribution in [-0.2, 0) is 13.1 Å². The third kappa shape index (κ3) is 5.53. The van der Waals surface area contributed by atoms with Crippen molar-refractivity contribution < 1.29 is 0 Å². The van der Waals surface area contributed by atoms with Crippen molar-refractivity contribution in [1.29, 1.82) is 0 Å². The lowest BCUT2D eigenvalue weighted by molar-refractivity contribution is 0.470. The number of aromatic nitrogens is 3. The summed E-state index contributed by atoms with van der Waals surface area (Å²) in [5, 5.41) is 7.56. The Balaban J connectivity index is 1.89. The zero-order valence-corrected chi connectivity index (χ0v) is 14.5. The summed E-state index contributed by atoms with van der Waals surface area (Å²) in [5.74, 6) is 0.903. The number of guanidine groups is 1. The molecule has 0 aliphatic heterocycles. The van der Waals surface area contributed by atoms with E-state index in [0.29, 0.717) is 0 Å². The van der Waals surface area contributed by atoms with Crippen LogP contribution < -0.4 is 5.32 Å². The van der Waals surface area contributed by atoms with Gasteiger partial charge in [-0.3, -0.25) is 4.99 Å². The van der Waals surface area contributed by atoms with Crippen LogP contribution >= 0.6 is 0 Å². The van der Waals surface area contributed by atoms with E-state index in [9.17, 15) is 0 Å². The smallest absolute Gasteiger partial charge is 0.193 e. The number of nitrogens with one attached hydrogen (secondary N) is 1. The van der Waals surface area contributed by atoms with Crippen molar-refractivity contribution in [2.45, 2.75) is 25.9 Å². The van der Waals surface area contributed by atoms with Gasteiger partial charge < -0.3 is 10.2 Å². The second-order valence-electron chi connectivity index (χ2n) is 5.67. The molecule has 0 saturated heterocycles. The van der Waals surface area contributed by atoms with Crippen molar-refractivity contribution >= 4 is 5.96 Å². The maximum atomic E-state index is 4.35. The number of hydrogen-bond acceptors (Lipinski definition) is 3. The van der Waals surface area contributed by atoms with Gasteiger partial charge >= 0.3 is 0 Å². The highest BCUT2D eigenvalue weighted by Crippen LogP contribution is 2.07. The molecule has 1 aromatic heterocycles. The normalized spacial score (nSPS) is 11.3. The van der Waals surface area contributed by atoms with Crippen LogP contribution in [0.15, 0.2) is 54.6 Å². The highest BCUT2D eigenvalue weighted by Gasteiger charge is 2.05. The Labute approximate surface area is 143 Å². The summed E-state index contributed by atoms with van der Waals surface area (Å²) in [5.41, 5.74) is 2.42. The first kappa shape index (κ1) is 17.7. The van der Waals surface area contributed by atoms with Gasteiger partial charge in [0.2, 0.25) is 0 Å². The summed E-state index contributed by atoms with van der Waals surface area (Å²) in [7, 11) is 3.87. The molecule has 1 aromatic carbocycles. The summed E-state index contributed by atoms with van der Waals surface area (Å²) in [4.78, 5) is 10.5. The Morgan fingerprint density at radius 1 is 1.42 bits per heavy atom. The van der Waals surface area contributed by atoms with E-state index >= 15 is 0 Å². The van der Waals surface area contributed by atoms with Crippen LogP contribution in [-0.4, -0.2) is 46.3 Å². The van der Waals surface area contributed by atoms with E-state index < -0.39 is 0 Å². The van der Waals surface area contributed by atoms with Gasteiger partial charge in [-0.05, 0) is 24.0 Å². The quantitative estimate of drug-likeness (QED) is 0.350. The van der Waals surface area contributed by atoms with E-state index in [4.69, 9.17) is 0 Å². The van der Waals surface area contributed by atoms with Crippen molar-refractivity contribution in [3.05, 3.63) is 60.7 Å². The van der Waals surface area contributed by atoms with Crippen LogP contribution in [0.2, 0.25) is 0 Å². The topological polar surface area (TPSA) is 58.3 Å². The van der Waals surface area contributed by atoms with Crippen molar-refractivity contribution in [2.24, 2.45) is 4.99 Å². The molecular weight excluding hydrogens is 300 g/mol. The fraction of sp³-hybridized carbons (Fsp3) is 0.389. The van der Waals surface area contributed by atoms with Crippen molar-refractivity contribution in [3.63, 3.8) is 0 Å². The minimum absolute atomic E-state index is 0.726. The average molecular weight is 326 g/mol. The zero-order chi connectivity index (χ0) is 17.2. The van der Waals surface area contributed by atoms with Gasteiger partial charge in [-0.2, -0.15) is 5.10 Å². The molecule has 2 rings (SSSR count). The lowest BCUT2D eigenvalue weighted by atomic mass is 10.1. The molecule has 1 N–H and O–H groups in total. The first-order chi connectivity index (χ1) is 11.7. The van der Waals surface area contributed by atoms with Crippen LogP contribution in [0.1, 0.15) is 24.0 Å². The van der Waals surface area contributed by atoms with Crippen molar-refractivity contribution in [2.75, 3.05) is 20.6 Å². The Kier molecular flexibility index (Phi) is 7.01. The van der Waals surface area contributed by atoms with E-state index in [1.54, 1.807) is 12.7 Å². The van der Waals surface area contributed by atoms with Crippen molar-refractivity contribution in [1.82, 2.24) is 25.0 Å². The number of hydrogen-bond donors (Lipinski definition) is 1. The van der Waals surface area contributed by atoms with Crippen LogP contribution in [0.5, 0.6) is 0 Å². The summed E-state index contributed by atoms with van der Waals surface area (Å²) in [6.45, 7) is 6.18. The average Bonchev–Trinajstić information content (AvgIpc) is 3.09. The number of allylic oxidation sites excluding steroid dienone is 1. The van der Waals surface area contributed by atoms with Crippen LogP contribution in [0.25, 0.3) is 0 Å². The zero-order valence-electron chi connectivity index (χ0n) is 14.5. The first-order valence-electron chi connectivity index (χ1n) is 8.16. The Morgan fingerprint density at radius 2 is 2.25 bits per heavy atom. The third-order valence-electron chi connectivity index (χ3n) is 3.73. The summed E-state index contributed by atoms with van der Waals surface area (Å²) < 4.78 is 1.82. The molecule has 0 aliphatic carbocycles. The SMILES string of the molecule is C=CCCCN(C)C(=NC)NCc1cccc(Cn2cncn2)c1. The van der Waals surface area contributed by atoms with E-state index in [1.165, 1.54) is 11.1 Å². The first-order valence-corrected chi connectivity index (χ1v) is 8.16. The molecule has 0 spiro atoms. The standard InChI is InChI=1S/C18H26N6/c1-4-5-6-10-23(3)18(19-2)21-12-16-8-7-9-17(11-16)13-24-15-20-14-22-24/h4,7-9,11,14-15H,1,5-6,10,12-13H2,2-3H3,(H,19,21). The Bertz CT molecular complexity index is 647. The number of unbranched alkanes of at least 4 members (excludes halogenated alkanes) is 1. The molecule has 0 fully saturated rings.